The van der Waals surface area contributed by atoms with Gasteiger partial charge in [0.25, 0.3) is 5.91 Å². The zero-order valence-electron chi connectivity index (χ0n) is 15.1. The Kier molecular flexibility index (Phi) is 7.18. The van der Waals surface area contributed by atoms with Crippen LogP contribution in [0.5, 0.6) is 0 Å². The summed E-state index contributed by atoms with van der Waals surface area (Å²) in [5.41, 5.74) is 1.31. The quantitative estimate of drug-likeness (QED) is 0.750. The molecule has 1 amide bonds. The second-order valence-electron chi connectivity index (χ2n) is 5.88. The highest BCUT2D eigenvalue weighted by Crippen LogP contribution is 2.20. The number of nitrogens with one attached hydrogen (secondary N) is 1. The van der Waals surface area contributed by atoms with E-state index < -0.39 is 24.5 Å². The van der Waals surface area contributed by atoms with Gasteiger partial charge in [-0.05, 0) is 33.3 Å². The molecule has 0 unspecified atom stereocenters. The zero-order chi connectivity index (χ0) is 19.1. The number of nitrogens with zero attached hydrogens (tertiary/aromatic N) is 2. The third kappa shape index (κ3) is 5.35. The van der Waals surface area contributed by atoms with E-state index in [0.717, 1.165) is 0 Å². The summed E-state index contributed by atoms with van der Waals surface area (Å²) >= 11 is 0. The third-order valence-electron chi connectivity index (χ3n) is 3.50. The average molecular weight is 349 g/mol. The topological polar surface area (TPSA) is 112 Å². The van der Waals surface area contributed by atoms with E-state index in [-0.39, 0.29) is 30.3 Å². The summed E-state index contributed by atoms with van der Waals surface area (Å²) in [4.78, 5) is 40.2. The van der Waals surface area contributed by atoms with Gasteiger partial charge >= 0.3 is 11.9 Å². The van der Waals surface area contributed by atoms with E-state index in [1.165, 1.54) is 11.9 Å². The van der Waals surface area contributed by atoms with Crippen LogP contribution in [0.4, 0.5) is 0 Å². The van der Waals surface area contributed by atoms with Gasteiger partial charge in [-0.15, -0.1) is 0 Å². The minimum Gasteiger partial charge on any atom is -0.459 e. The Labute approximate surface area is 146 Å². The second kappa shape index (κ2) is 8.87. The molecule has 0 saturated heterocycles. The summed E-state index contributed by atoms with van der Waals surface area (Å²) in [6, 6.07) is 1.93. The molecule has 0 bridgehead atoms. The maximum absolute atomic E-state index is 12.2. The van der Waals surface area contributed by atoms with Crippen LogP contribution in [-0.4, -0.2) is 54.0 Å². The lowest BCUT2D eigenvalue weighted by atomic mass is 10.1. The van der Waals surface area contributed by atoms with Crippen LogP contribution in [0.3, 0.4) is 0 Å². The highest BCUT2D eigenvalue weighted by molar-refractivity contribution is 5.99. The van der Waals surface area contributed by atoms with E-state index in [4.69, 9.17) is 14.7 Å². The molecule has 25 heavy (non-hydrogen) atoms. The predicted molar refractivity (Wildman–Crippen MR) is 89.0 cm³/mol. The second-order valence-corrected chi connectivity index (χ2v) is 5.88. The van der Waals surface area contributed by atoms with Gasteiger partial charge in [0.15, 0.2) is 6.61 Å². The molecule has 0 atom stereocenters. The predicted octanol–water partition coefficient (Wildman–Crippen LogP) is 1.73. The Morgan fingerprint density at radius 2 is 1.88 bits per heavy atom. The smallest absolute Gasteiger partial charge is 0.355 e. The molecule has 8 heteroatoms. The van der Waals surface area contributed by atoms with E-state index in [2.05, 4.69) is 4.98 Å². The van der Waals surface area contributed by atoms with Crippen molar-refractivity contribution in [2.24, 2.45) is 0 Å². The first-order valence-corrected chi connectivity index (χ1v) is 7.87. The lowest BCUT2D eigenvalue weighted by Crippen LogP contribution is -2.32. The fourth-order valence-electron chi connectivity index (χ4n) is 2.19. The molecule has 0 spiro atoms. The largest absolute Gasteiger partial charge is 0.459 e. The molecule has 1 aromatic heterocycles. The van der Waals surface area contributed by atoms with Crippen molar-refractivity contribution in [2.45, 2.75) is 40.2 Å². The summed E-state index contributed by atoms with van der Waals surface area (Å²) in [6.07, 6.45) is -0.0786. The fourth-order valence-corrected chi connectivity index (χ4v) is 2.19. The van der Waals surface area contributed by atoms with E-state index in [0.29, 0.717) is 11.3 Å². The van der Waals surface area contributed by atoms with Crippen molar-refractivity contribution < 1.29 is 23.9 Å². The number of rotatable bonds is 7. The first-order chi connectivity index (χ1) is 11.7. The fraction of sp³-hybridized carbons (Fsp3) is 0.529. The zero-order valence-corrected chi connectivity index (χ0v) is 15.1. The molecule has 0 aromatic carbocycles. The number of esters is 2. The maximum Gasteiger partial charge on any atom is 0.355 e. The number of ether oxygens (including phenoxy) is 2. The normalized spacial score (nSPS) is 10.3. The molecular formula is C17H23N3O5. The monoisotopic (exact) mass is 349 g/mol. The van der Waals surface area contributed by atoms with Gasteiger partial charge in [0.1, 0.15) is 5.69 Å². The van der Waals surface area contributed by atoms with Crippen LogP contribution in [-0.2, 0) is 14.3 Å². The van der Waals surface area contributed by atoms with Crippen LogP contribution < -0.4 is 0 Å². The summed E-state index contributed by atoms with van der Waals surface area (Å²) < 4.78 is 10.2. The van der Waals surface area contributed by atoms with E-state index >= 15 is 0 Å². The molecule has 1 heterocycles. The lowest BCUT2D eigenvalue weighted by Gasteiger charge is -2.15. The molecule has 0 aliphatic heterocycles. The number of hydrogen-bond donors (Lipinski definition) is 1. The third-order valence-corrected chi connectivity index (χ3v) is 3.50. The molecule has 136 valence electrons. The molecule has 1 rings (SSSR count). The van der Waals surface area contributed by atoms with Crippen LogP contribution in [0.2, 0.25) is 0 Å². The SMILES string of the molecule is Cc1[nH]c(C(=O)OCC(=O)N(C)CCC#N)c(C)c1C(=O)OC(C)C. The molecular weight excluding hydrogens is 326 g/mol. The van der Waals surface area contributed by atoms with Gasteiger partial charge in [-0.25, -0.2) is 9.59 Å². The van der Waals surface area contributed by atoms with Crippen molar-refractivity contribution in [1.29, 1.82) is 5.26 Å². The Balaban J connectivity index is 2.79. The number of hydrogen-bond acceptors (Lipinski definition) is 6. The Hall–Kier alpha value is -2.82. The van der Waals surface area contributed by atoms with Crippen molar-refractivity contribution in [3.8, 4) is 6.07 Å². The standard InChI is InChI=1S/C17H23N3O5/c1-10(2)25-16(22)14-11(3)15(19-12(14)4)17(23)24-9-13(21)20(5)8-6-7-18/h10,19H,6,8-9H2,1-5H3. The molecule has 1 aromatic rings. The van der Waals surface area contributed by atoms with Gasteiger partial charge in [-0.2, -0.15) is 5.26 Å². The summed E-state index contributed by atoms with van der Waals surface area (Å²) in [7, 11) is 1.53. The lowest BCUT2D eigenvalue weighted by molar-refractivity contribution is -0.133. The number of carbonyl (C=O) groups is 3. The van der Waals surface area contributed by atoms with Crippen molar-refractivity contribution in [2.75, 3.05) is 20.2 Å². The van der Waals surface area contributed by atoms with Crippen LogP contribution in [0.1, 0.15) is 52.4 Å². The highest BCUT2D eigenvalue weighted by Gasteiger charge is 2.25. The number of aromatic amines is 1. The van der Waals surface area contributed by atoms with Crippen molar-refractivity contribution >= 4 is 17.8 Å². The van der Waals surface area contributed by atoms with E-state index in [1.807, 2.05) is 6.07 Å². The molecule has 8 nitrogen and oxygen atoms in total. The molecule has 0 aliphatic rings. The van der Waals surface area contributed by atoms with Crippen LogP contribution in [0.25, 0.3) is 0 Å². The molecule has 0 radical (unpaired) electrons. The molecule has 0 saturated carbocycles. The summed E-state index contributed by atoms with van der Waals surface area (Å²) in [5.74, 6) is -1.66. The van der Waals surface area contributed by atoms with Crippen LogP contribution >= 0.6 is 0 Å². The number of carbonyl (C=O) groups excluding carboxylic acids is 3. The first kappa shape index (κ1) is 20.2. The number of H-pyrrole nitrogens is 1. The maximum atomic E-state index is 12.2. The van der Waals surface area contributed by atoms with Crippen molar-refractivity contribution in [3.05, 3.63) is 22.5 Å². The minimum absolute atomic E-state index is 0.112. The van der Waals surface area contributed by atoms with Crippen molar-refractivity contribution in [1.82, 2.24) is 9.88 Å². The number of nitriles is 1. The number of aromatic nitrogens is 1. The van der Waals surface area contributed by atoms with Gasteiger partial charge in [0.2, 0.25) is 0 Å². The summed E-state index contributed by atoms with van der Waals surface area (Å²) in [5, 5.41) is 8.51. The van der Waals surface area contributed by atoms with Crippen LogP contribution in [0, 0.1) is 25.2 Å². The Morgan fingerprint density at radius 3 is 2.44 bits per heavy atom. The molecule has 0 fully saturated rings. The van der Waals surface area contributed by atoms with E-state index in [1.54, 1.807) is 27.7 Å². The van der Waals surface area contributed by atoms with Gasteiger partial charge in [0.05, 0.1) is 24.2 Å². The van der Waals surface area contributed by atoms with Gasteiger partial charge in [-0.3, -0.25) is 4.79 Å². The number of likely N-dealkylation sites (N-methyl/N-ethyl adjacent to an activating group) is 1. The van der Waals surface area contributed by atoms with Crippen molar-refractivity contribution in [3.63, 3.8) is 0 Å². The molecule has 0 aliphatic carbocycles. The van der Waals surface area contributed by atoms with E-state index in [9.17, 15) is 14.4 Å². The average Bonchev–Trinajstić information content (AvgIpc) is 2.83. The van der Waals surface area contributed by atoms with Gasteiger partial charge < -0.3 is 19.4 Å². The number of aryl methyl sites for hydroxylation is 1. The van der Waals surface area contributed by atoms with Gasteiger partial charge in [0, 0.05) is 19.3 Å². The Morgan fingerprint density at radius 1 is 1.24 bits per heavy atom. The Bertz CT molecular complexity index is 700. The van der Waals surface area contributed by atoms with Gasteiger partial charge in [-0.1, -0.05) is 0 Å². The molecule has 1 N–H and O–H groups in total. The minimum atomic E-state index is -0.730. The van der Waals surface area contributed by atoms with Crippen LogP contribution in [0.15, 0.2) is 0 Å². The highest BCUT2D eigenvalue weighted by atomic mass is 16.5. The number of amides is 1. The first-order valence-electron chi connectivity index (χ1n) is 7.87. The summed E-state index contributed by atoms with van der Waals surface area (Å²) in [6.45, 7) is 6.56.